The summed E-state index contributed by atoms with van der Waals surface area (Å²) in [5.41, 5.74) is 2.07. The van der Waals surface area contributed by atoms with Crippen LogP contribution in [0.15, 0.2) is 18.2 Å². The summed E-state index contributed by atoms with van der Waals surface area (Å²) in [5, 5.41) is 3.68. The van der Waals surface area contributed by atoms with E-state index in [2.05, 4.69) is 18.3 Å². The van der Waals surface area contributed by atoms with Gasteiger partial charge >= 0.3 is 0 Å². The molecule has 3 saturated carbocycles. The van der Waals surface area contributed by atoms with E-state index in [4.69, 9.17) is 0 Å². The van der Waals surface area contributed by atoms with Crippen molar-refractivity contribution in [3.63, 3.8) is 0 Å². The topological polar surface area (TPSA) is 12.0 Å². The molecule has 0 aromatic heterocycles. The molecular weight excluding hydrogens is 249 g/mol. The maximum atomic E-state index is 13.5. The summed E-state index contributed by atoms with van der Waals surface area (Å²) in [4.78, 5) is 0. The lowest BCUT2D eigenvalue weighted by atomic mass is 9.92. The summed E-state index contributed by atoms with van der Waals surface area (Å²) < 4.78 is 13.5. The molecule has 0 amide bonds. The van der Waals surface area contributed by atoms with Crippen molar-refractivity contribution in [2.75, 3.05) is 6.54 Å². The smallest absolute Gasteiger partial charge is 0.126 e. The largest absolute Gasteiger partial charge is 0.310 e. The van der Waals surface area contributed by atoms with Crippen LogP contribution in [0.3, 0.4) is 0 Å². The molecule has 108 valence electrons. The highest BCUT2D eigenvalue weighted by molar-refractivity contribution is 5.30. The van der Waals surface area contributed by atoms with E-state index in [0.717, 1.165) is 41.7 Å². The van der Waals surface area contributed by atoms with Gasteiger partial charge in [-0.3, -0.25) is 0 Å². The van der Waals surface area contributed by atoms with Gasteiger partial charge in [0.05, 0.1) is 0 Å². The molecule has 0 saturated heterocycles. The molecule has 1 N–H and O–H groups in total. The Labute approximate surface area is 121 Å². The minimum atomic E-state index is -0.0833. The Hall–Kier alpha value is -0.890. The average Bonchev–Trinajstić information content (AvgIpc) is 2.86. The van der Waals surface area contributed by atoms with Crippen LogP contribution in [-0.2, 0) is 0 Å². The van der Waals surface area contributed by atoms with Crippen LogP contribution in [0.2, 0.25) is 0 Å². The Bertz CT molecular complexity index is 510. The molecule has 20 heavy (non-hydrogen) atoms. The van der Waals surface area contributed by atoms with Crippen LogP contribution in [0.4, 0.5) is 4.39 Å². The lowest BCUT2D eigenvalue weighted by Crippen LogP contribution is -2.25. The second-order valence-corrected chi connectivity index (χ2v) is 7.11. The molecule has 5 atom stereocenters. The number of rotatable bonds is 4. The number of fused-ring (bicyclic) bond motifs is 5. The lowest BCUT2D eigenvalue weighted by molar-refractivity contribution is 0.374. The van der Waals surface area contributed by atoms with Gasteiger partial charge in [0.25, 0.3) is 0 Å². The third-order valence-electron chi connectivity index (χ3n) is 6.14. The highest BCUT2D eigenvalue weighted by atomic mass is 19.1. The molecule has 0 radical (unpaired) electrons. The predicted molar refractivity (Wildman–Crippen MR) is 78.9 cm³/mol. The zero-order valence-corrected chi connectivity index (χ0v) is 12.4. The molecule has 1 aromatic rings. The van der Waals surface area contributed by atoms with E-state index in [1.165, 1.54) is 24.8 Å². The van der Waals surface area contributed by atoms with Crippen molar-refractivity contribution in [1.82, 2.24) is 5.32 Å². The van der Waals surface area contributed by atoms with Crippen LogP contribution < -0.4 is 5.32 Å². The quantitative estimate of drug-likeness (QED) is 0.871. The summed E-state index contributed by atoms with van der Waals surface area (Å²) in [6, 6.07) is 6.13. The molecule has 5 unspecified atom stereocenters. The normalized spacial score (nSPS) is 38.9. The van der Waals surface area contributed by atoms with Gasteiger partial charge in [-0.05, 0) is 79.5 Å². The molecule has 1 aromatic carbocycles. The van der Waals surface area contributed by atoms with Crippen molar-refractivity contribution >= 4 is 0 Å². The fourth-order valence-corrected chi connectivity index (χ4v) is 5.40. The number of halogens is 1. The predicted octanol–water partition coefficient (Wildman–Crippen LogP) is 4.08. The van der Waals surface area contributed by atoms with Gasteiger partial charge < -0.3 is 5.32 Å². The summed E-state index contributed by atoms with van der Waals surface area (Å²) in [6.07, 6.45) is 4.42. The first-order valence-electron chi connectivity index (χ1n) is 8.20. The number of hydrogen-bond acceptors (Lipinski definition) is 1. The average molecular weight is 273 g/mol. The Morgan fingerprint density at radius 2 is 1.95 bits per heavy atom. The number of aryl methyl sites for hydroxylation is 1. The first-order valence-corrected chi connectivity index (χ1v) is 8.20. The second-order valence-electron chi connectivity index (χ2n) is 7.11. The minimum absolute atomic E-state index is 0.0833. The summed E-state index contributed by atoms with van der Waals surface area (Å²) in [7, 11) is 0. The van der Waals surface area contributed by atoms with Crippen LogP contribution >= 0.6 is 0 Å². The Balaban J connectivity index is 1.61. The molecule has 3 aliphatic carbocycles. The number of nitrogens with one attached hydrogen (secondary N) is 1. The Kier molecular flexibility index (Phi) is 2.92. The summed E-state index contributed by atoms with van der Waals surface area (Å²) >= 11 is 0. The molecule has 0 aliphatic heterocycles. The first-order chi connectivity index (χ1) is 9.70. The first kappa shape index (κ1) is 12.8. The standard InChI is InChI=1S/C18H24FN/c1-3-20-18(13-6-7-14(19)10(2)8-13)17-15-11-4-5-12(9-11)16(15)17/h6-8,11-12,15-18,20H,3-5,9H2,1-2H3. The molecule has 4 rings (SSSR count). The van der Waals surface area contributed by atoms with Crippen molar-refractivity contribution < 1.29 is 4.39 Å². The third-order valence-corrected chi connectivity index (χ3v) is 6.14. The Morgan fingerprint density at radius 1 is 1.25 bits per heavy atom. The zero-order chi connectivity index (χ0) is 13.9. The highest BCUT2D eigenvalue weighted by Gasteiger charge is 2.66. The van der Waals surface area contributed by atoms with Crippen molar-refractivity contribution in [3.8, 4) is 0 Å². The monoisotopic (exact) mass is 273 g/mol. The van der Waals surface area contributed by atoms with Crippen molar-refractivity contribution in [3.05, 3.63) is 35.1 Å². The van der Waals surface area contributed by atoms with E-state index < -0.39 is 0 Å². The van der Waals surface area contributed by atoms with Gasteiger partial charge in [0.1, 0.15) is 5.82 Å². The molecule has 0 spiro atoms. The molecule has 2 bridgehead atoms. The van der Waals surface area contributed by atoms with Crippen molar-refractivity contribution in [2.24, 2.45) is 29.6 Å². The second kappa shape index (κ2) is 4.56. The van der Waals surface area contributed by atoms with Gasteiger partial charge in [0.15, 0.2) is 0 Å². The van der Waals surface area contributed by atoms with Crippen molar-refractivity contribution in [2.45, 2.75) is 39.2 Å². The zero-order valence-electron chi connectivity index (χ0n) is 12.4. The van der Waals surface area contributed by atoms with E-state index >= 15 is 0 Å². The molecule has 0 heterocycles. The highest BCUT2D eigenvalue weighted by Crippen LogP contribution is 2.72. The lowest BCUT2D eigenvalue weighted by Gasteiger charge is -2.22. The summed E-state index contributed by atoms with van der Waals surface area (Å²) in [5.74, 6) is 4.65. The molecule has 1 nitrogen and oxygen atoms in total. The third kappa shape index (κ3) is 1.77. The van der Waals surface area contributed by atoms with Gasteiger partial charge in [-0.1, -0.05) is 19.1 Å². The van der Waals surface area contributed by atoms with E-state index in [0.29, 0.717) is 6.04 Å². The van der Waals surface area contributed by atoms with Gasteiger partial charge in [-0.2, -0.15) is 0 Å². The van der Waals surface area contributed by atoms with E-state index in [1.807, 2.05) is 13.0 Å². The summed E-state index contributed by atoms with van der Waals surface area (Å²) in [6.45, 7) is 5.04. The van der Waals surface area contributed by atoms with Gasteiger partial charge in [0.2, 0.25) is 0 Å². The van der Waals surface area contributed by atoms with Crippen LogP contribution in [0.25, 0.3) is 0 Å². The molecule has 3 aliphatic rings. The number of benzene rings is 1. The maximum absolute atomic E-state index is 13.5. The van der Waals surface area contributed by atoms with Crippen molar-refractivity contribution in [1.29, 1.82) is 0 Å². The van der Waals surface area contributed by atoms with E-state index in [9.17, 15) is 4.39 Å². The SMILES string of the molecule is CCNC(c1ccc(F)c(C)c1)C1C2C3CCC(C3)C21. The molecular formula is C18H24FN. The number of hydrogen-bond donors (Lipinski definition) is 1. The van der Waals surface area contributed by atoms with Crippen LogP contribution in [0.5, 0.6) is 0 Å². The van der Waals surface area contributed by atoms with Crippen LogP contribution in [-0.4, -0.2) is 6.54 Å². The van der Waals surface area contributed by atoms with E-state index in [1.54, 1.807) is 6.07 Å². The fourth-order valence-electron chi connectivity index (χ4n) is 5.40. The van der Waals surface area contributed by atoms with Gasteiger partial charge in [0, 0.05) is 6.04 Å². The van der Waals surface area contributed by atoms with E-state index in [-0.39, 0.29) is 5.82 Å². The van der Waals surface area contributed by atoms with Crippen LogP contribution in [0.1, 0.15) is 43.4 Å². The molecule has 3 fully saturated rings. The van der Waals surface area contributed by atoms with Gasteiger partial charge in [-0.25, -0.2) is 4.39 Å². The van der Waals surface area contributed by atoms with Crippen LogP contribution in [0, 0.1) is 42.3 Å². The Morgan fingerprint density at radius 3 is 2.55 bits per heavy atom. The minimum Gasteiger partial charge on any atom is -0.310 e. The molecule has 2 heteroatoms. The van der Waals surface area contributed by atoms with Gasteiger partial charge in [-0.15, -0.1) is 0 Å². The fraction of sp³-hybridized carbons (Fsp3) is 0.667. The maximum Gasteiger partial charge on any atom is 0.126 e.